The summed E-state index contributed by atoms with van der Waals surface area (Å²) in [5, 5.41) is 1.96. The molecule has 1 heterocycles. The van der Waals surface area contributed by atoms with Gasteiger partial charge in [0.15, 0.2) is 0 Å². The van der Waals surface area contributed by atoms with Crippen LogP contribution in [0, 0.1) is 0 Å². The van der Waals surface area contributed by atoms with Gasteiger partial charge in [-0.25, -0.2) is 0 Å². The Morgan fingerprint density at radius 3 is 2.27 bits per heavy atom. The van der Waals surface area contributed by atoms with E-state index in [1.165, 1.54) is 0 Å². The summed E-state index contributed by atoms with van der Waals surface area (Å²) in [7, 11) is 0. The number of halogens is 4. The van der Waals surface area contributed by atoms with Gasteiger partial charge in [0, 0.05) is 0 Å². The van der Waals surface area contributed by atoms with Crippen LogP contribution in [0.15, 0.2) is 4.52 Å². The lowest BCUT2D eigenvalue weighted by atomic mass is 9.93. The van der Waals surface area contributed by atoms with E-state index in [2.05, 4.69) is 14.7 Å². The van der Waals surface area contributed by atoms with Gasteiger partial charge in [0.2, 0.25) is 5.89 Å². The maximum Gasteiger partial charge on any atom is 0.402 e. The fourth-order valence-corrected chi connectivity index (χ4v) is 0.755. The van der Waals surface area contributed by atoms with Crippen LogP contribution in [0.25, 0.3) is 0 Å². The Hall–Kier alpha value is -1.11. The van der Waals surface area contributed by atoms with E-state index in [-0.39, 0.29) is 0 Å². The van der Waals surface area contributed by atoms with Gasteiger partial charge in [-0.15, -0.1) is 0 Å². The molecule has 0 saturated heterocycles. The molecular formula is C7H6ClF3N2O2. The molecule has 0 N–H and O–H groups in total. The molecule has 1 aromatic heterocycles. The highest BCUT2D eigenvalue weighted by molar-refractivity contribution is 6.67. The van der Waals surface area contributed by atoms with Crippen molar-refractivity contribution in [3.63, 3.8) is 0 Å². The fraction of sp³-hybridized carbons (Fsp3) is 0.571. The number of hydrogen-bond acceptors (Lipinski definition) is 4. The summed E-state index contributed by atoms with van der Waals surface area (Å²) in [5.41, 5.74) is -2.31. The van der Waals surface area contributed by atoms with Crippen molar-refractivity contribution < 1.29 is 22.5 Å². The van der Waals surface area contributed by atoms with Gasteiger partial charge in [-0.3, -0.25) is 4.79 Å². The number of carbonyl (C=O) groups is 1. The lowest BCUT2D eigenvalue weighted by molar-refractivity contribution is -0.186. The quantitative estimate of drug-likeness (QED) is 0.747. The van der Waals surface area contributed by atoms with E-state index in [0.717, 1.165) is 13.8 Å². The van der Waals surface area contributed by atoms with Crippen LogP contribution in [-0.2, 0) is 5.41 Å². The Morgan fingerprint density at radius 2 is 1.93 bits per heavy atom. The summed E-state index contributed by atoms with van der Waals surface area (Å²) in [6.45, 7) is 1.73. The Morgan fingerprint density at radius 1 is 1.40 bits per heavy atom. The van der Waals surface area contributed by atoms with E-state index in [4.69, 9.17) is 11.6 Å². The average molecular weight is 243 g/mol. The summed E-state index contributed by atoms with van der Waals surface area (Å²) in [6, 6.07) is 0. The Kier molecular flexibility index (Phi) is 2.77. The van der Waals surface area contributed by atoms with Gasteiger partial charge < -0.3 is 4.52 Å². The Balaban J connectivity index is 3.11. The molecule has 0 fully saturated rings. The van der Waals surface area contributed by atoms with Crippen molar-refractivity contribution in [3.8, 4) is 0 Å². The fourth-order valence-electron chi connectivity index (χ4n) is 0.678. The highest BCUT2D eigenvalue weighted by Crippen LogP contribution is 2.39. The number of hydrogen-bond donors (Lipinski definition) is 0. The molecule has 1 aromatic rings. The molecule has 0 aromatic carbocycles. The molecule has 0 spiro atoms. The molecule has 0 amide bonds. The van der Waals surface area contributed by atoms with Crippen LogP contribution in [0.5, 0.6) is 0 Å². The zero-order chi connectivity index (χ0) is 11.9. The molecular weight excluding hydrogens is 237 g/mol. The summed E-state index contributed by atoms with van der Waals surface area (Å²) in [4.78, 5) is 13.8. The zero-order valence-electron chi connectivity index (χ0n) is 7.72. The molecule has 0 atom stereocenters. The third-order valence-corrected chi connectivity index (χ3v) is 2.01. The van der Waals surface area contributed by atoms with Crippen molar-refractivity contribution in [2.24, 2.45) is 0 Å². The van der Waals surface area contributed by atoms with Crippen LogP contribution >= 0.6 is 11.6 Å². The number of carbonyl (C=O) groups excluding carboxylic acids is 1. The number of alkyl halides is 3. The number of aromatic nitrogens is 2. The minimum atomic E-state index is -4.55. The summed E-state index contributed by atoms with van der Waals surface area (Å²) < 4.78 is 41.8. The van der Waals surface area contributed by atoms with E-state index in [1.54, 1.807) is 0 Å². The Bertz CT molecular complexity index is 386. The SMILES string of the molecule is CC(C)(c1nc(C(=O)Cl)no1)C(F)(F)F. The van der Waals surface area contributed by atoms with E-state index in [0.29, 0.717) is 0 Å². The molecule has 1 rings (SSSR count). The first-order valence-corrected chi connectivity index (χ1v) is 4.15. The lowest BCUT2D eigenvalue weighted by Gasteiger charge is -2.22. The predicted octanol–water partition coefficient (Wildman–Crippen LogP) is 2.29. The van der Waals surface area contributed by atoms with Gasteiger partial charge in [0.25, 0.3) is 11.1 Å². The van der Waals surface area contributed by atoms with Crippen molar-refractivity contribution in [2.75, 3.05) is 0 Å². The number of rotatable bonds is 2. The summed E-state index contributed by atoms with van der Waals surface area (Å²) in [6.07, 6.45) is -4.55. The zero-order valence-corrected chi connectivity index (χ0v) is 8.48. The first-order valence-electron chi connectivity index (χ1n) is 3.77. The second kappa shape index (κ2) is 3.48. The van der Waals surface area contributed by atoms with Crippen molar-refractivity contribution in [3.05, 3.63) is 11.7 Å². The summed E-state index contributed by atoms with van der Waals surface area (Å²) in [5.74, 6) is -1.28. The standard InChI is InChI=1S/C7H6ClF3N2O2/c1-6(2,7(9,10)11)5-12-4(3(8)14)13-15-5/h1-2H3. The van der Waals surface area contributed by atoms with E-state index < -0.39 is 28.5 Å². The minimum Gasteiger partial charge on any atom is -0.338 e. The highest BCUT2D eigenvalue weighted by atomic mass is 35.5. The van der Waals surface area contributed by atoms with Gasteiger partial charge in [-0.1, -0.05) is 5.16 Å². The lowest BCUT2D eigenvalue weighted by Crippen LogP contribution is -2.36. The number of nitrogens with zero attached hydrogens (tertiary/aromatic N) is 2. The molecule has 0 bridgehead atoms. The molecule has 0 unspecified atom stereocenters. The maximum absolute atomic E-state index is 12.5. The summed E-state index contributed by atoms with van der Waals surface area (Å²) >= 11 is 4.98. The van der Waals surface area contributed by atoms with Crippen LogP contribution in [-0.4, -0.2) is 21.6 Å². The third-order valence-electron chi connectivity index (χ3n) is 1.85. The highest BCUT2D eigenvalue weighted by Gasteiger charge is 2.52. The minimum absolute atomic E-state index is 0.580. The van der Waals surface area contributed by atoms with Crippen molar-refractivity contribution in [1.82, 2.24) is 10.1 Å². The third kappa shape index (κ3) is 2.11. The maximum atomic E-state index is 12.5. The van der Waals surface area contributed by atoms with Crippen molar-refractivity contribution >= 4 is 16.8 Å². The average Bonchev–Trinajstić information content (AvgIpc) is 2.49. The largest absolute Gasteiger partial charge is 0.402 e. The van der Waals surface area contributed by atoms with E-state index >= 15 is 0 Å². The second-order valence-corrected chi connectivity index (χ2v) is 3.66. The van der Waals surface area contributed by atoms with Crippen molar-refractivity contribution in [2.45, 2.75) is 25.4 Å². The Labute approximate surface area is 87.4 Å². The van der Waals surface area contributed by atoms with Crippen LogP contribution < -0.4 is 0 Å². The monoisotopic (exact) mass is 242 g/mol. The van der Waals surface area contributed by atoms with Crippen LogP contribution in [0.1, 0.15) is 30.4 Å². The molecule has 0 saturated carbocycles. The topological polar surface area (TPSA) is 56.0 Å². The normalized spacial score (nSPS) is 12.9. The van der Waals surface area contributed by atoms with Gasteiger partial charge in [-0.2, -0.15) is 18.2 Å². The van der Waals surface area contributed by atoms with E-state index in [9.17, 15) is 18.0 Å². The van der Waals surface area contributed by atoms with Gasteiger partial charge >= 0.3 is 6.18 Å². The van der Waals surface area contributed by atoms with Crippen LogP contribution in [0.3, 0.4) is 0 Å². The van der Waals surface area contributed by atoms with E-state index in [1.807, 2.05) is 0 Å². The molecule has 0 aliphatic carbocycles. The molecule has 84 valence electrons. The van der Waals surface area contributed by atoms with Crippen LogP contribution in [0.2, 0.25) is 0 Å². The molecule has 8 heteroatoms. The molecule has 4 nitrogen and oxygen atoms in total. The first kappa shape index (κ1) is 12.0. The molecule has 15 heavy (non-hydrogen) atoms. The van der Waals surface area contributed by atoms with Crippen LogP contribution in [0.4, 0.5) is 13.2 Å². The molecule has 0 aliphatic rings. The molecule has 0 radical (unpaired) electrons. The second-order valence-electron chi connectivity index (χ2n) is 3.32. The van der Waals surface area contributed by atoms with Gasteiger partial charge in [0.1, 0.15) is 5.41 Å². The van der Waals surface area contributed by atoms with Gasteiger partial charge in [-0.05, 0) is 25.4 Å². The molecule has 0 aliphatic heterocycles. The van der Waals surface area contributed by atoms with Crippen molar-refractivity contribution in [1.29, 1.82) is 0 Å². The predicted molar refractivity (Wildman–Crippen MR) is 43.6 cm³/mol. The van der Waals surface area contributed by atoms with Gasteiger partial charge in [0.05, 0.1) is 0 Å². The smallest absolute Gasteiger partial charge is 0.338 e. The first-order chi connectivity index (χ1) is 6.66.